The van der Waals surface area contributed by atoms with Gasteiger partial charge in [-0.25, -0.2) is 8.42 Å². The van der Waals surface area contributed by atoms with Gasteiger partial charge in [0.2, 0.25) is 10.0 Å². The molecule has 2 unspecified atom stereocenters. The minimum Gasteiger partial charge on any atom is -0.493 e. The molecule has 0 aliphatic carbocycles. The van der Waals surface area contributed by atoms with Crippen molar-refractivity contribution in [1.82, 2.24) is 4.31 Å². The van der Waals surface area contributed by atoms with Crippen molar-refractivity contribution in [2.75, 3.05) is 27.3 Å². The summed E-state index contributed by atoms with van der Waals surface area (Å²) in [5, 5.41) is 0. The lowest BCUT2D eigenvalue weighted by Gasteiger charge is -2.36. The molecule has 1 heterocycles. The third-order valence-corrected chi connectivity index (χ3v) is 6.22. The first-order chi connectivity index (χ1) is 12.5. The lowest BCUT2D eigenvalue weighted by atomic mass is 10.1. The smallest absolute Gasteiger partial charge is 0.243 e. The van der Waals surface area contributed by atoms with Crippen molar-refractivity contribution >= 4 is 10.0 Å². The van der Waals surface area contributed by atoms with Crippen molar-refractivity contribution in [3.63, 3.8) is 0 Å². The van der Waals surface area contributed by atoms with Crippen molar-refractivity contribution in [2.24, 2.45) is 0 Å². The van der Waals surface area contributed by atoms with Crippen LogP contribution in [0.4, 0.5) is 0 Å². The van der Waals surface area contributed by atoms with Gasteiger partial charge in [0, 0.05) is 19.2 Å². The van der Waals surface area contributed by atoms with Gasteiger partial charge in [0.1, 0.15) is 0 Å². The molecular formula is C19H23NO5S. The minimum absolute atomic E-state index is 0.177. The number of benzene rings is 2. The maximum Gasteiger partial charge on any atom is 0.243 e. The summed E-state index contributed by atoms with van der Waals surface area (Å²) in [5.41, 5.74) is 0.964. The van der Waals surface area contributed by atoms with E-state index in [9.17, 15) is 8.42 Å². The van der Waals surface area contributed by atoms with Crippen LogP contribution in [0.15, 0.2) is 53.4 Å². The molecule has 1 fully saturated rings. The molecule has 1 saturated heterocycles. The molecule has 0 aromatic heterocycles. The molecule has 0 saturated carbocycles. The van der Waals surface area contributed by atoms with Crippen LogP contribution in [0.1, 0.15) is 18.6 Å². The van der Waals surface area contributed by atoms with Crippen LogP contribution in [-0.4, -0.2) is 46.1 Å². The highest BCUT2D eigenvalue weighted by Gasteiger charge is 2.34. The number of sulfonamides is 1. The second kappa shape index (κ2) is 7.65. The lowest BCUT2D eigenvalue weighted by Crippen LogP contribution is -2.45. The summed E-state index contributed by atoms with van der Waals surface area (Å²) >= 11 is 0. The third-order valence-electron chi connectivity index (χ3n) is 4.39. The second-order valence-corrected chi connectivity index (χ2v) is 8.12. The Morgan fingerprint density at radius 2 is 1.69 bits per heavy atom. The molecule has 0 radical (unpaired) electrons. The summed E-state index contributed by atoms with van der Waals surface area (Å²) in [6.45, 7) is 2.46. The highest BCUT2D eigenvalue weighted by atomic mass is 32.2. The van der Waals surface area contributed by atoms with E-state index in [1.165, 1.54) is 30.7 Å². The van der Waals surface area contributed by atoms with E-state index in [-0.39, 0.29) is 23.6 Å². The first-order valence-corrected chi connectivity index (χ1v) is 9.82. The molecule has 0 spiro atoms. The zero-order chi connectivity index (χ0) is 18.7. The van der Waals surface area contributed by atoms with E-state index in [4.69, 9.17) is 14.2 Å². The van der Waals surface area contributed by atoms with Gasteiger partial charge in [-0.3, -0.25) is 0 Å². The van der Waals surface area contributed by atoms with Crippen LogP contribution in [0.2, 0.25) is 0 Å². The quantitative estimate of drug-likeness (QED) is 0.802. The van der Waals surface area contributed by atoms with E-state index >= 15 is 0 Å². The van der Waals surface area contributed by atoms with Gasteiger partial charge in [0.25, 0.3) is 0 Å². The highest BCUT2D eigenvalue weighted by Crippen LogP contribution is 2.33. The molecule has 1 aliphatic rings. The topological polar surface area (TPSA) is 65.1 Å². The zero-order valence-corrected chi connectivity index (χ0v) is 15.9. The van der Waals surface area contributed by atoms with Crippen molar-refractivity contribution in [3.05, 3.63) is 54.1 Å². The van der Waals surface area contributed by atoms with Gasteiger partial charge in [-0.15, -0.1) is 0 Å². The van der Waals surface area contributed by atoms with Crippen LogP contribution < -0.4 is 9.47 Å². The fraction of sp³-hybridized carbons (Fsp3) is 0.368. The summed E-state index contributed by atoms with van der Waals surface area (Å²) < 4.78 is 44.2. The van der Waals surface area contributed by atoms with E-state index in [0.717, 1.165) is 5.56 Å². The van der Waals surface area contributed by atoms with Gasteiger partial charge in [-0.2, -0.15) is 4.31 Å². The molecule has 0 N–H and O–H groups in total. The van der Waals surface area contributed by atoms with Crippen LogP contribution >= 0.6 is 0 Å². The molecule has 3 rings (SSSR count). The molecule has 7 heteroatoms. The Kier molecular flexibility index (Phi) is 5.50. The molecule has 26 heavy (non-hydrogen) atoms. The number of methoxy groups -OCH3 is 2. The molecule has 2 atom stereocenters. The Bertz CT molecular complexity index is 853. The van der Waals surface area contributed by atoms with Gasteiger partial charge >= 0.3 is 0 Å². The Labute approximate surface area is 154 Å². The van der Waals surface area contributed by atoms with Gasteiger partial charge in [0.05, 0.1) is 31.3 Å². The van der Waals surface area contributed by atoms with Crippen LogP contribution in [0, 0.1) is 0 Å². The highest BCUT2D eigenvalue weighted by molar-refractivity contribution is 7.89. The van der Waals surface area contributed by atoms with E-state index in [0.29, 0.717) is 18.0 Å². The third kappa shape index (κ3) is 3.70. The van der Waals surface area contributed by atoms with Crippen molar-refractivity contribution in [2.45, 2.75) is 24.0 Å². The maximum atomic E-state index is 13.2. The van der Waals surface area contributed by atoms with E-state index < -0.39 is 10.0 Å². The number of rotatable bonds is 5. The summed E-state index contributed by atoms with van der Waals surface area (Å²) in [7, 11) is -0.679. The first-order valence-electron chi connectivity index (χ1n) is 8.38. The molecule has 2 aromatic carbocycles. The molecule has 0 amide bonds. The molecule has 1 aliphatic heterocycles. The number of nitrogens with zero attached hydrogens (tertiary/aromatic N) is 1. The summed E-state index contributed by atoms with van der Waals surface area (Å²) in [6.07, 6.45) is -0.501. The van der Waals surface area contributed by atoms with Gasteiger partial charge in [-0.1, -0.05) is 30.3 Å². The number of ether oxygens (including phenoxy) is 3. The standard InChI is InChI=1S/C19H23NO5S/c1-14-12-20(13-19(25-14)15-7-5-4-6-8-15)26(21,22)16-9-10-17(23-2)18(11-16)24-3/h4-11,14,19H,12-13H2,1-3H3. The number of hydrogen-bond donors (Lipinski definition) is 0. The largest absolute Gasteiger partial charge is 0.493 e. The van der Waals surface area contributed by atoms with Crippen LogP contribution in [-0.2, 0) is 14.8 Å². The monoisotopic (exact) mass is 377 g/mol. The number of hydrogen-bond acceptors (Lipinski definition) is 5. The summed E-state index contributed by atoms with van der Waals surface area (Å²) in [5.74, 6) is 0.874. The predicted molar refractivity (Wildman–Crippen MR) is 98.0 cm³/mol. The maximum absolute atomic E-state index is 13.2. The predicted octanol–water partition coefficient (Wildman–Crippen LogP) is 2.85. The summed E-state index contributed by atoms with van der Waals surface area (Å²) in [4.78, 5) is 0.177. The molecule has 140 valence electrons. The number of morpholine rings is 1. The van der Waals surface area contributed by atoms with Crippen LogP contribution in [0.3, 0.4) is 0 Å². The zero-order valence-electron chi connectivity index (χ0n) is 15.1. The summed E-state index contributed by atoms with van der Waals surface area (Å²) in [6, 6.07) is 14.3. The Morgan fingerprint density at radius 3 is 2.35 bits per heavy atom. The van der Waals surface area contributed by atoms with E-state index in [1.807, 2.05) is 37.3 Å². The van der Waals surface area contributed by atoms with Crippen molar-refractivity contribution in [3.8, 4) is 11.5 Å². The fourth-order valence-electron chi connectivity index (χ4n) is 3.09. The first kappa shape index (κ1) is 18.7. The second-order valence-electron chi connectivity index (χ2n) is 6.18. The van der Waals surface area contributed by atoms with Gasteiger partial charge in [0.15, 0.2) is 11.5 Å². The lowest BCUT2D eigenvalue weighted by molar-refractivity contribution is -0.0557. The molecular weight excluding hydrogens is 354 g/mol. The Balaban J connectivity index is 1.91. The van der Waals surface area contributed by atoms with Gasteiger partial charge < -0.3 is 14.2 Å². The SMILES string of the molecule is COc1ccc(S(=O)(=O)N2CC(C)OC(c3ccccc3)C2)cc1OC. The Hall–Kier alpha value is -2.09. The Morgan fingerprint density at radius 1 is 1.00 bits per heavy atom. The minimum atomic E-state index is -3.68. The van der Waals surface area contributed by atoms with Crippen LogP contribution in [0.5, 0.6) is 11.5 Å². The van der Waals surface area contributed by atoms with E-state index in [1.54, 1.807) is 6.07 Å². The average molecular weight is 377 g/mol. The molecule has 6 nitrogen and oxygen atoms in total. The van der Waals surface area contributed by atoms with Gasteiger partial charge in [-0.05, 0) is 24.6 Å². The fourth-order valence-corrected chi connectivity index (χ4v) is 4.62. The van der Waals surface area contributed by atoms with Crippen molar-refractivity contribution in [1.29, 1.82) is 0 Å². The van der Waals surface area contributed by atoms with Crippen molar-refractivity contribution < 1.29 is 22.6 Å². The van der Waals surface area contributed by atoms with Crippen LogP contribution in [0.25, 0.3) is 0 Å². The van der Waals surface area contributed by atoms with E-state index in [2.05, 4.69) is 0 Å². The average Bonchev–Trinajstić information content (AvgIpc) is 2.67. The normalized spacial score (nSPS) is 21.3. The molecule has 2 aromatic rings. The molecule has 0 bridgehead atoms.